The van der Waals surface area contributed by atoms with Gasteiger partial charge in [-0.05, 0) is 30.7 Å². The molecule has 0 spiro atoms. The molecule has 2 heterocycles. The van der Waals surface area contributed by atoms with Crippen LogP contribution in [0.3, 0.4) is 0 Å². The van der Waals surface area contributed by atoms with Crippen LogP contribution in [0.2, 0.25) is 0 Å². The van der Waals surface area contributed by atoms with Crippen molar-refractivity contribution in [3.05, 3.63) is 53.7 Å². The summed E-state index contributed by atoms with van der Waals surface area (Å²) in [6.07, 6.45) is 2.01. The molecular weight excluding hydrogens is 308 g/mol. The van der Waals surface area contributed by atoms with Crippen molar-refractivity contribution in [2.45, 2.75) is 12.8 Å². The summed E-state index contributed by atoms with van der Waals surface area (Å²) >= 11 is 0. The first-order chi connectivity index (χ1) is 11.6. The Morgan fingerprint density at radius 1 is 1.08 bits per heavy atom. The van der Waals surface area contributed by atoms with Gasteiger partial charge in [-0.2, -0.15) is 0 Å². The molecule has 0 radical (unpaired) electrons. The van der Waals surface area contributed by atoms with E-state index < -0.39 is 0 Å². The highest BCUT2D eigenvalue weighted by atomic mass is 16.2. The Morgan fingerprint density at radius 2 is 1.75 bits per heavy atom. The first-order valence-electron chi connectivity index (χ1n) is 7.53. The van der Waals surface area contributed by atoms with Gasteiger partial charge in [0.1, 0.15) is 5.82 Å². The number of anilines is 2. The van der Waals surface area contributed by atoms with E-state index in [0.717, 1.165) is 0 Å². The summed E-state index contributed by atoms with van der Waals surface area (Å²) in [5, 5.41) is 2.64. The first kappa shape index (κ1) is 15.7. The van der Waals surface area contributed by atoms with E-state index in [2.05, 4.69) is 10.3 Å². The lowest BCUT2D eigenvalue weighted by molar-refractivity contribution is -0.116. The van der Waals surface area contributed by atoms with Crippen LogP contribution in [0, 0.1) is 0 Å². The topological polar surface area (TPSA) is 105 Å². The number of pyridine rings is 1. The van der Waals surface area contributed by atoms with E-state index in [4.69, 9.17) is 5.73 Å². The molecule has 0 bridgehead atoms. The van der Waals surface area contributed by atoms with Crippen molar-refractivity contribution < 1.29 is 14.4 Å². The average Bonchev–Trinajstić information content (AvgIpc) is 2.82. The van der Waals surface area contributed by atoms with E-state index in [1.54, 1.807) is 36.4 Å². The van der Waals surface area contributed by atoms with Gasteiger partial charge < -0.3 is 11.1 Å². The lowest BCUT2D eigenvalue weighted by Crippen LogP contribution is -2.31. The van der Waals surface area contributed by atoms with E-state index in [9.17, 15) is 14.4 Å². The quantitative estimate of drug-likeness (QED) is 0.814. The molecule has 0 fully saturated rings. The number of nitrogens with zero attached hydrogens (tertiary/aromatic N) is 2. The van der Waals surface area contributed by atoms with Gasteiger partial charge in [0.25, 0.3) is 11.8 Å². The van der Waals surface area contributed by atoms with Crippen LogP contribution in [0.5, 0.6) is 0 Å². The Bertz CT molecular complexity index is 767. The van der Waals surface area contributed by atoms with Crippen LogP contribution in [0.4, 0.5) is 11.5 Å². The highest BCUT2D eigenvalue weighted by molar-refractivity contribution is 6.21. The first-order valence-corrected chi connectivity index (χ1v) is 7.53. The number of carbonyl (C=O) groups excluding carboxylic acids is 3. The number of nitrogens with two attached hydrogens (primary N) is 1. The van der Waals surface area contributed by atoms with Gasteiger partial charge in [0, 0.05) is 13.0 Å². The number of hydrogen-bond donors (Lipinski definition) is 2. The predicted octanol–water partition coefficient (Wildman–Crippen LogP) is 1.68. The van der Waals surface area contributed by atoms with Crippen molar-refractivity contribution in [2.75, 3.05) is 17.6 Å². The zero-order chi connectivity index (χ0) is 17.1. The van der Waals surface area contributed by atoms with Crippen LogP contribution in [-0.4, -0.2) is 34.2 Å². The summed E-state index contributed by atoms with van der Waals surface area (Å²) in [6, 6.07) is 9.96. The number of rotatable bonds is 5. The highest BCUT2D eigenvalue weighted by Crippen LogP contribution is 2.22. The number of benzene rings is 1. The number of aromatic nitrogens is 1. The summed E-state index contributed by atoms with van der Waals surface area (Å²) in [6.45, 7) is 0.203. The van der Waals surface area contributed by atoms with Crippen molar-refractivity contribution in [2.24, 2.45) is 0 Å². The average molecular weight is 324 g/mol. The molecule has 0 aliphatic carbocycles. The van der Waals surface area contributed by atoms with Gasteiger partial charge in [-0.25, -0.2) is 4.98 Å². The number of nitrogen functional groups attached to an aromatic ring is 1. The fourth-order valence-corrected chi connectivity index (χ4v) is 2.52. The third-order valence-corrected chi connectivity index (χ3v) is 3.72. The van der Waals surface area contributed by atoms with E-state index in [-0.39, 0.29) is 30.7 Å². The molecule has 1 aromatic heterocycles. The Labute approximate surface area is 138 Å². The molecular formula is C17H16N4O3. The number of carbonyl (C=O) groups is 3. The van der Waals surface area contributed by atoms with Gasteiger partial charge in [-0.15, -0.1) is 0 Å². The van der Waals surface area contributed by atoms with Gasteiger partial charge in [0.05, 0.1) is 23.0 Å². The van der Waals surface area contributed by atoms with Crippen LogP contribution in [0.1, 0.15) is 33.6 Å². The maximum Gasteiger partial charge on any atom is 0.261 e. The van der Waals surface area contributed by atoms with Crippen LogP contribution in [0.15, 0.2) is 42.6 Å². The molecule has 3 N–H and O–H groups in total. The zero-order valence-electron chi connectivity index (χ0n) is 12.9. The second-order valence-electron chi connectivity index (χ2n) is 5.44. The maximum atomic E-state index is 12.2. The standard InChI is InChI=1S/C17H16N4O3/c18-11-7-8-14(19-10-11)20-15(22)6-3-9-21-16(23)12-4-1-2-5-13(12)17(21)24/h1-2,4-5,7-8,10H,3,6,9,18H2,(H,19,20,22). The van der Waals surface area contributed by atoms with Gasteiger partial charge in [0.15, 0.2) is 0 Å². The van der Waals surface area contributed by atoms with Crippen molar-refractivity contribution >= 4 is 29.2 Å². The number of imide groups is 1. The summed E-state index contributed by atoms with van der Waals surface area (Å²) in [5.41, 5.74) is 6.87. The third kappa shape index (κ3) is 3.10. The van der Waals surface area contributed by atoms with E-state index in [0.29, 0.717) is 29.1 Å². The lowest BCUT2D eigenvalue weighted by atomic mass is 10.1. The van der Waals surface area contributed by atoms with E-state index in [1.165, 1.54) is 11.1 Å². The minimum Gasteiger partial charge on any atom is -0.397 e. The minimum atomic E-state index is -0.309. The van der Waals surface area contributed by atoms with Gasteiger partial charge in [-0.3, -0.25) is 19.3 Å². The van der Waals surface area contributed by atoms with Gasteiger partial charge >= 0.3 is 0 Å². The van der Waals surface area contributed by atoms with Crippen LogP contribution < -0.4 is 11.1 Å². The van der Waals surface area contributed by atoms with Crippen molar-refractivity contribution in [3.8, 4) is 0 Å². The lowest BCUT2D eigenvalue weighted by Gasteiger charge is -2.13. The molecule has 3 rings (SSSR count). The molecule has 3 amide bonds. The van der Waals surface area contributed by atoms with Crippen LogP contribution in [-0.2, 0) is 4.79 Å². The monoisotopic (exact) mass is 324 g/mol. The Morgan fingerprint density at radius 3 is 2.33 bits per heavy atom. The summed E-state index contributed by atoms with van der Waals surface area (Å²) in [4.78, 5) is 41.4. The summed E-state index contributed by atoms with van der Waals surface area (Å²) in [7, 11) is 0. The molecule has 7 heteroatoms. The number of amides is 3. The van der Waals surface area contributed by atoms with Crippen molar-refractivity contribution in [1.82, 2.24) is 9.88 Å². The normalized spacial score (nSPS) is 13.1. The molecule has 1 aliphatic rings. The smallest absolute Gasteiger partial charge is 0.261 e. The molecule has 0 atom stereocenters. The molecule has 1 aromatic carbocycles. The van der Waals surface area contributed by atoms with Crippen LogP contribution >= 0.6 is 0 Å². The molecule has 0 unspecified atom stereocenters. The molecule has 122 valence electrons. The van der Waals surface area contributed by atoms with E-state index in [1.807, 2.05) is 0 Å². The zero-order valence-corrected chi connectivity index (χ0v) is 12.9. The number of fused-ring (bicyclic) bond motifs is 1. The Balaban J connectivity index is 1.52. The summed E-state index contributed by atoms with van der Waals surface area (Å²) in [5.74, 6) is -0.439. The summed E-state index contributed by atoms with van der Waals surface area (Å²) < 4.78 is 0. The largest absolute Gasteiger partial charge is 0.397 e. The molecule has 2 aromatic rings. The number of hydrogen-bond acceptors (Lipinski definition) is 5. The van der Waals surface area contributed by atoms with Crippen molar-refractivity contribution in [3.63, 3.8) is 0 Å². The molecule has 7 nitrogen and oxygen atoms in total. The molecule has 24 heavy (non-hydrogen) atoms. The van der Waals surface area contributed by atoms with Gasteiger partial charge in [-0.1, -0.05) is 12.1 Å². The minimum absolute atomic E-state index is 0.180. The molecule has 1 aliphatic heterocycles. The molecule has 0 saturated carbocycles. The SMILES string of the molecule is Nc1ccc(NC(=O)CCCN2C(=O)c3ccccc3C2=O)nc1. The Kier molecular flexibility index (Phi) is 4.24. The Hall–Kier alpha value is -3.22. The molecule has 0 saturated heterocycles. The van der Waals surface area contributed by atoms with E-state index >= 15 is 0 Å². The third-order valence-electron chi connectivity index (χ3n) is 3.72. The predicted molar refractivity (Wildman–Crippen MR) is 88.3 cm³/mol. The van der Waals surface area contributed by atoms with Gasteiger partial charge in [0.2, 0.25) is 5.91 Å². The second kappa shape index (κ2) is 6.49. The number of nitrogens with one attached hydrogen (secondary N) is 1. The fourth-order valence-electron chi connectivity index (χ4n) is 2.52. The van der Waals surface area contributed by atoms with Crippen molar-refractivity contribution in [1.29, 1.82) is 0 Å². The van der Waals surface area contributed by atoms with Crippen LogP contribution in [0.25, 0.3) is 0 Å². The second-order valence-corrected chi connectivity index (χ2v) is 5.44. The maximum absolute atomic E-state index is 12.2. The highest BCUT2D eigenvalue weighted by Gasteiger charge is 2.34. The fraction of sp³-hybridized carbons (Fsp3) is 0.176.